The van der Waals surface area contributed by atoms with Gasteiger partial charge in [0.05, 0.1) is 5.41 Å². The van der Waals surface area contributed by atoms with Crippen LogP contribution >= 0.6 is 24.4 Å². The summed E-state index contributed by atoms with van der Waals surface area (Å²) in [4.78, 5) is 25.5. The fourth-order valence-corrected chi connectivity index (χ4v) is 3.08. The van der Waals surface area contributed by atoms with E-state index in [1.54, 1.807) is 25.6 Å². The number of thioether (sulfide) groups is 1. The molecular weight excluding hydrogens is 356 g/mol. The number of anilines is 1. The minimum atomic E-state index is -1.00. The van der Waals surface area contributed by atoms with Gasteiger partial charge in [0.25, 0.3) is 0 Å². The molecule has 1 rings (SSSR count). The molecule has 0 aromatic heterocycles. The number of carbonyl (C=O) groups is 2. The Morgan fingerprint density at radius 2 is 1.88 bits per heavy atom. The standard InChI is InChI=1S/C18H28N2O3S2/c1-18(2,12-24)17(23)19-15(16(21)22)9-10-25-11-13-5-7-14(8-6-13)20(3)4/h5-8,15,24H,9-12H2,1-4H3,(H,19,23)(H,21,22)/t15-/m0/s1. The Kier molecular flexibility index (Phi) is 8.65. The zero-order valence-electron chi connectivity index (χ0n) is 15.3. The van der Waals surface area contributed by atoms with Crippen molar-refractivity contribution >= 4 is 42.0 Å². The SMILES string of the molecule is CN(C)c1ccc(CSCC[C@H](NC(=O)C(C)(C)CS)C(=O)O)cc1. The molecule has 0 aliphatic heterocycles. The fourth-order valence-electron chi connectivity index (χ4n) is 1.96. The zero-order chi connectivity index (χ0) is 19.0. The number of carboxylic acids is 1. The van der Waals surface area contributed by atoms with Crippen LogP contribution in [0.1, 0.15) is 25.8 Å². The van der Waals surface area contributed by atoms with Crippen LogP contribution in [-0.4, -0.2) is 48.6 Å². The van der Waals surface area contributed by atoms with E-state index in [1.165, 1.54) is 5.56 Å². The van der Waals surface area contributed by atoms with Crippen molar-refractivity contribution in [1.82, 2.24) is 5.32 Å². The van der Waals surface area contributed by atoms with Gasteiger partial charge < -0.3 is 15.3 Å². The molecule has 0 saturated carbocycles. The summed E-state index contributed by atoms with van der Waals surface area (Å²) in [5.74, 6) is 0.561. The molecule has 140 valence electrons. The Hall–Kier alpha value is -1.34. The Morgan fingerprint density at radius 3 is 2.36 bits per heavy atom. The van der Waals surface area contributed by atoms with Crippen LogP contribution in [0.5, 0.6) is 0 Å². The van der Waals surface area contributed by atoms with E-state index in [0.29, 0.717) is 17.9 Å². The number of hydrogen-bond acceptors (Lipinski definition) is 5. The number of nitrogens with zero attached hydrogens (tertiary/aromatic N) is 1. The van der Waals surface area contributed by atoms with Crippen molar-refractivity contribution in [3.8, 4) is 0 Å². The lowest BCUT2D eigenvalue weighted by Crippen LogP contribution is -2.47. The summed E-state index contributed by atoms with van der Waals surface area (Å²) in [6.07, 6.45) is 0.393. The van der Waals surface area contributed by atoms with E-state index in [-0.39, 0.29) is 5.91 Å². The highest BCUT2D eigenvalue weighted by Crippen LogP contribution is 2.19. The average molecular weight is 385 g/mol. The maximum Gasteiger partial charge on any atom is 0.326 e. The molecule has 0 heterocycles. The second-order valence-electron chi connectivity index (χ2n) is 6.81. The molecule has 0 spiro atoms. The highest BCUT2D eigenvalue weighted by atomic mass is 32.2. The van der Waals surface area contributed by atoms with Crippen LogP contribution in [0.3, 0.4) is 0 Å². The van der Waals surface area contributed by atoms with Crippen molar-refractivity contribution in [2.24, 2.45) is 5.41 Å². The van der Waals surface area contributed by atoms with Crippen molar-refractivity contribution in [2.75, 3.05) is 30.5 Å². The molecule has 1 aromatic carbocycles. The number of nitrogens with one attached hydrogen (secondary N) is 1. The van der Waals surface area contributed by atoms with E-state index in [0.717, 1.165) is 11.4 Å². The molecule has 0 radical (unpaired) electrons. The normalized spacial score (nSPS) is 12.5. The van der Waals surface area contributed by atoms with E-state index in [1.807, 2.05) is 19.0 Å². The molecule has 0 aliphatic carbocycles. The summed E-state index contributed by atoms with van der Waals surface area (Å²) in [7, 11) is 4.00. The van der Waals surface area contributed by atoms with E-state index in [4.69, 9.17) is 0 Å². The van der Waals surface area contributed by atoms with Crippen molar-refractivity contribution in [3.05, 3.63) is 29.8 Å². The van der Waals surface area contributed by atoms with Gasteiger partial charge in [-0.2, -0.15) is 24.4 Å². The number of carboxylic acid groups (broad SMARTS) is 1. The topological polar surface area (TPSA) is 69.6 Å². The van der Waals surface area contributed by atoms with Crippen LogP contribution in [0.15, 0.2) is 24.3 Å². The average Bonchev–Trinajstić information content (AvgIpc) is 2.57. The predicted octanol–water partition coefficient (Wildman–Crippen LogP) is 2.90. The molecule has 1 aromatic rings. The number of thiol groups is 1. The molecule has 0 fully saturated rings. The van der Waals surface area contributed by atoms with Crippen molar-refractivity contribution in [3.63, 3.8) is 0 Å². The summed E-state index contributed by atoms with van der Waals surface area (Å²) in [6.45, 7) is 3.50. The maximum atomic E-state index is 12.1. The predicted molar refractivity (Wildman–Crippen MR) is 109 cm³/mol. The van der Waals surface area contributed by atoms with Crippen LogP contribution in [0.25, 0.3) is 0 Å². The second kappa shape index (κ2) is 9.97. The van der Waals surface area contributed by atoms with Crippen molar-refractivity contribution in [2.45, 2.75) is 32.1 Å². The quantitative estimate of drug-likeness (QED) is 0.427. The Labute approximate surface area is 160 Å². The van der Waals surface area contributed by atoms with Gasteiger partial charge in [-0.25, -0.2) is 4.79 Å². The molecule has 2 N–H and O–H groups in total. The molecule has 0 saturated heterocycles. The third-order valence-electron chi connectivity index (χ3n) is 3.89. The van der Waals surface area contributed by atoms with Gasteiger partial charge in [0.2, 0.25) is 5.91 Å². The van der Waals surface area contributed by atoms with Gasteiger partial charge in [-0.15, -0.1) is 0 Å². The lowest BCUT2D eigenvalue weighted by Gasteiger charge is -2.24. The summed E-state index contributed by atoms with van der Waals surface area (Å²) in [5.41, 5.74) is 1.66. The van der Waals surface area contributed by atoms with Crippen LogP contribution in [-0.2, 0) is 15.3 Å². The Morgan fingerprint density at radius 1 is 1.28 bits per heavy atom. The van der Waals surface area contributed by atoms with E-state index in [9.17, 15) is 14.7 Å². The monoisotopic (exact) mass is 384 g/mol. The smallest absolute Gasteiger partial charge is 0.326 e. The molecule has 0 bridgehead atoms. The molecule has 1 amide bonds. The molecule has 5 nitrogen and oxygen atoms in total. The number of benzene rings is 1. The van der Waals surface area contributed by atoms with Gasteiger partial charge in [0.1, 0.15) is 6.04 Å². The molecule has 1 atom stereocenters. The van der Waals surface area contributed by atoms with Gasteiger partial charge >= 0.3 is 5.97 Å². The van der Waals surface area contributed by atoms with E-state index in [2.05, 4.69) is 42.2 Å². The fraction of sp³-hybridized carbons (Fsp3) is 0.556. The first kappa shape index (κ1) is 21.7. The maximum absolute atomic E-state index is 12.1. The highest BCUT2D eigenvalue weighted by molar-refractivity contribution is 7.98. The number of aliphatic carboxylic acids is 1. The van der Waals surface area contributed by atoms with Gasteiger partial charge in [-0.3, -0.25) is 4.79 Å². The largest absolute Gasteiger partial charge is 0.480 e. The minimum Gasteiger partial charge on any atom is -0.480 e. The van der Waals surface area contributed by atoms with Crippen LogP contribution in [0.2, 0.25) is 0 Å². The summed E-state index contributed by atoms with van der Waals surface area (Å²) >= 11 is 5.81. The van der Waals surface area contributed by atoms with Crippen molar-refractivity contribution < 1.29 is 14.7 Å². The summed E-state index contributed by atoms with van der Waals surface area (Å²) in [5, 5.41) is 11.9. The molecule has 0 aliphatic rings. The van der Waals surface area contributed by atoms with Crippen LogP contribution < -0.4 is 10.2 Å². The number of carbonyl (C=O) groups excluding carboxylic acids is 1. The zero-order valence-corrected chi connectivity index (χ0v) is 17.0. The lowest BCUT2D eigenvalue weighted by atomic mass is 9.94. The first-order chi connectivity index (χ1) is 11.7. The summed E-state index contributed by atoms with van der Waals surface area (Å²) < 4.78 is 0. The van der Waals surface area contributed by atoms with Crippen LogP contribution in [0, 0.1) is 5.41 Å². The van der Waals surface area contributed by atoms with E-state index >= 15 is 0 Å². The van der Waals surface area contributed by atoms with Crippen LogP contribution in [0.4, 0.5) is 5.69 Å². The molecule has 25 heavy (non-hydrogen) atoms. The van der Waals surface area contributed by atoms with Gasteiger partial charge in [0, 0.05) is 31.3 Å². The summed E-state index contributed by atoms with van der Waals surface area (Å²) in [6, 6.07) is 7.42. The molecular formula is C18H28N2O3S2. The van der Waals surface area contributed by atoms with Crippen molar-refractivity contribution in [1.29, 1.82) is 0 Å². The number of rotatable bonds is 10. The number of amides is 1. The Balaban J connectivity index is 2.45. The second-order valence-corrected chi connectivity index (χ2v) is 8.23. The minimum absolute atomic E-state index is 0.279. The third-order valence-corrected chi connectivity index (χ3v) is 5.74. The third kappa shape index (κ3) is 7.20. The molecule has 7 heteroatoms. The lowest BCUT2D eigenvalue weighted by molar-refractivity contribution is -0.143. The first-order valence-corrected chi connectivity index (χ1v) is 9.94. The van der Waals surface area contributed by atoms with E-state index < -0.39 is 17.4 Å². The number of hydrogen-bond donors (Lipinski definition) is 3. The van der Waals surface area contributed by atoms with Gasteiger partial charge in [-0.05, 0) is 29.9 Å². The van der Waals surface area contributed by atoms with Gasteiger partial charge in [0.15, 0.2) is 0 Å². The Bertz CT molecular complexity index is 574. The molecule has 0 unspecified atom stereocenters. The first-order valence-electron chi connectivity index (χ1n) is 8.16. The van der Waals surface area contributed by atoms with Gasteiger partial charge in [-0.1, -0.05) is 26.0 Å². The highest BCUT2D eigenvalue weighted by Gasteiger charge is 2.29.